The van der Waals surface area contributed by atoms with Crippen molar-refractivity contribution in [2.75, 3.05) is 26.2 Å². The largest absolute Gasteiger partial charge is 0.450 e. The molecule has 2 N–H and O–H groups in total. The summed E-state index contributed by atoms with van der Waals surface area (Å²) in [4.78, 5) is 25.0. The third kappa shape index (κ3) is 6.80. The molecule has 6 heteroatoms. The van der Waals surface area contributed by atoms with Crippen LogP contribution in [0.1, 0.15) is 46.5 Å². The van der Waals surface area contributed by atoms with Crippen molar-refractivity contribution in [3.63, 3.8) is 0 Å². The van der Waals surface area contributed by atoms with Gasteiger partial charge in [-0.3, -0.25) is 4.79 Å². The first kappa shape index (κ1) is 17.8. The predicted octanol–water partition coefficient (Wildman–Crippen LogP) is 1.50. The average molecular weight is 299 g/mol. The molecule has 0 spiro atoms. The van der Waals surface area contributed by atoms with Crippen LogP contribution in [0.2, 0.25) is 0 Å². The number of carbonyl (C=O) groups is 2. The highest BCUT2D eigenvalue weighted by Gasteiger charge is 2.23. The van der Waals surface area contributed by atoms with Crippen LogP contribution in [-0.4, -0.2) is 55.2 Å². The fraction of sp³-hybridized carbons (Fsp3) is 0.867. The minimum absolute atomic E-state index is 0.0980. The van der Waals surface area contributed by atoms with Gasteiger partial charge >= 0.3 is 6.09 Å². The third-order valence-corrected chi connectivity index (χ3v) is 3.83. The van der Waals surface area contributed by atoms with Gasteiger partial charge in [0.1, 0.15) is 0 Å². The van der Waals surface area contributed by atoms with Crippen LogP contribution in [0, 0.1) is 0 Å². The smallest absolute Gasteiger partial charge is 0.409 e. The topological polar surface area (TPSA) is 70.7 Å². The lowest BCUT2D eigenvalue weighted by atomic mass is 10.1. The number of nitrogens with zero attached hydrogens (tertiary/aromatic N) is 1. The maximum Gasteiger partial charge on any atom is 0.409 e. The summed E-state index contributed by atoms with van der Waals surface area (Å²) in [6, 6.07) is 0.623. The van der Waals surface area contributed by atoms with Crippen molar-refractivity contribution in [2.24, 2.45) is 0 Å². The summed E-state index contributed by atoms with van der Waals surface area (Å²) < 4.78 is 4.99. The Labute approximate surface area is 127 Å². The Morgan fingerprint density at radius 2 is 1.95 bits per heavy atom. The highest BCUT2D eigenvalue weighted by Crippen LogP contribution is 2.11. The summed E-state index contributed by atoms with van der Waals surface area (Å²) in [6.07, 6.45) is 3.05. The van der Waals surface area contributed by atoms with E-state index < -0.39 is 0 Å². The van der Waals surface area contributed by atoms with Gasteiger partial charge in [0.05, 0.1) is 6.61 Å². The van der Waals surface area contributed by atoms with Crippen LogP contribution in [0.3, 0.4) is 0 Å². The molecule has 2 amide bonds. The SMILES string of the molecule is CCOC(=O)N1CCC(NCCC(=O)NC(C)CC)CC1. The van der Waals surface area contributed by atoms with Crippen LogP contribution in [0.15, 0.2) is 0 Å². The molecule has 1 heterocycles. The molecule has 21 heavy (non-hydrogen) atoms. The summed E-state index contributed by atoms with van der Waals surface area (Å²) in [5, 5.41) is 6.35. The van der Waals surface area contributed by atoms with Gasteiger partial charge in [-0.25, -0.2) is 4.79 Å². The average Bonchev–Trinajstić information content (AvgIpc) is 2.48. The van der Waals surface area contributed by atoms with Gasteiger partial charge in [0, 0.05) is 38.1 Å². The first-order chi connectivity index (χ1) is 10.1. The first-order valence-electron chi connectivity index (χ1n) is 8.01. The van der Waals surface area contributed by atoms with Gasteiger partial charge < -0.3 is 20.3 Å². The van der Waals surface area contributed by atoms with Crippen LogP contribution < -0.4 is 10.6 Å². The highest BCUT2D eigenvalue weighted by atomic mass is 16.6. The Morgan fingerprint density at radius 3 is 2.52 bits per heavy atom. The van der Waals surface area contributed by atoms with Gasteiger partial charge in [0.2, 0.25) is 5.91 Å². The summed E-state index contributed by atoms with van der Waals surface area (Å²) in [7, 11) is 0. The molecule has 0 saturated carbocycles. The van der Waals surface area contributed by atoms with Gasteiger partial charge in [0.25, 0.3) is 0 Å². The second-order valence-corrected chi connectivity index (χ2v) is 5.54. The fourth-order valence-corrected chi connectivity index (χ4v) is 2.32. The molecule has 122 valence electrons. The van der Waals surface area contributed by atoms with Gasteiger partial charge in [0.15, 0.2) is 0 Å². The molecule has 0 aromatic rings. The maximum atomic E-state index is 11.6. The minimum atomic E-state index is -0.219. The maximum absolute atomic E-state index is 11.6. The molecule has 1 fully saturated rings. The molecule has 1 unspecified atom stereocenters. The molecular formula is C15H29N3O3. The summed E-state index contributed by atoms with van der Waals surface area (Å²) in [5.74, 6) is 0.0980. The number of nitrogens with one attached hydrogen (secondary N) is 2. The number of carbonyl (C=O) groups excluding carboxylic acids is 2. The molecule has 0 radical (unpaired) electrons. The standard InChI is InChI=1S/C15H29N3O3/c1-4-12(3)17-14(19)6-9-16-13-7-10-18(11-8-13)15(20)21-5-2/h12-13,16H,4-11H2,1-3H3,(H,17,19). The van der Waals surface area contributed by atoms with E-state index in [2.05, 4.69) is 17.6 Å². The molecule has 6 nitrogen and oxygen atoms in total. The van der Waals surface area contributed by atoms with E-state index in [1.807, 2.05) is 13.8 Å². The van der Waals surface area contributed by atoms with E-state index in [1.165, 1.54) is 0 Å². The molecule has 1 aliphatic heterocycles. The van der Waals surface area contributed by atoms with E-state index in [0.717, 1.165) is 32.4 Å². The van der Waals surface area contributed by atoms with Crippen LogP contribution in [0.5, 0.6) is 0 Å². The lowest BCUT2D eigenvalue weighted by Gasteiger charge is -2.31. The summed E-state index contributed by atoms with van der Waals surface area (Å²) >= 11 is 0. The zero-order valence-electron chi connectivity index (χ0n) is 13.5. The molecule has 1 rings (SSSR count). The number of piperidine rings is 1. The third-order valence-electron chi connectivity index (χ3n) is 3.83. The van der Waals surface area contributed by atoms with Gasteiger partial charge in [-0.05, 0) is 33.1 Å². The van der Waals surface area contributed by atoms with E-state index in [9.17, 15) is 9.59 Å². The van der Waals surface area contributed by atoms with Gasteiger partial charge in [-0.1, -0.05) is 6.92 Å². The van der Waals surface area contributed by atoms with Crippen molar-refractivity contribution in [1.82, 2.24) is 15.5 Å². The van der Waals surface area contributed by atoms with Crippen molar-refractivity contribution in [3.05, 3.63) is 0 Å². The van der Waals surface area contributed by atoms with Gasteiger partial charge in [-0.15, -0.1) is 0 Å². The quantitative estimate of drug-likeness (QED) is 0.747. The highest BCUT2D eigenvalue weighted by molar-refractivity contribution is 5.76. The summed E-state index contributed by atoms with van der Waals surface area (Å²) in [5.41, 5.74) is 0. The molecule has 0 aromatic heterocycles. The number of hydrogen-bond donors (Lipinski definition) is 2. The van der Waals surface area contributed by atoms with E-state index >= 15 is 0 Å². The molecule has 1 saturated heterocycles. The molecule has 0 aliphatic carbocycles. The van der Waals surface area contributed by atoms with Crippen LogP contribution in [-0.2, 0) is 9.53 Å². The zero-order valence-corrected chi connectivity index (χ0v) is 13.5. The van der Waals surface area contributed by atoms with E-state index in [0.29, 0.717) is 25.6 Å². The van der Waals surface area contributed by atoms with Crippen LogP contribution in [0.4, 0.5) is 4.79 Å². The Bertz CT molecular complexity index is 328. The number of ether oxygens (including phenoxy) is 1. The van der Waals surface area contributed by atoms with Crippen LogP contribution in [0.25, 0.3) is 0 Å². The van der Waals surface area contributed by atoms with Crippen molar-refractivity contribution in [2.45, 2.75) is 58.5 Å². The minimum Gasteiger partial charge on any atom is -0.450 e. The Hall–Kier alpha value is -1.30. The monoisotopic (exact) mass is 299 g/mol. The normalized spacial score (nSPS) is 17.4. The van der Waals surface area contributed by atoms with Crippen molar-refractivity contribution >= 4 is 12.0 Å². The number of hydrogen-bond acceptors (Lipinski definition) is 4. The van der Waals surface area contributed by atoms with E-state index in [-0.39, 0.29) is 18.0 Å². The fourth-order valence-electron chi connectivity index (χ4n) is 2.32. The zero-order chi connectivity index (χ0) is 15.7. The molecule has 0 bridgehead atoms. The van der Waals surface area contributed by atoms with E-state index in [1.54, 1.807) is 4.90 Å². The lowest BCUT2D eigenvalue weighted by Crippen LogP contribution is -2.45. The second kappa shape index (κ2) is 9.60. The van der Waals surface area contributed by atoms with Crippen molar-refractivity contribution in [3.8, 4) is 0 Å². The first-order valence-corrected chi connectivity index (χ1v) is 8.01. The van der Waals surface area contributed by atoms with Gasteiger partial charge in [-0.2, -0.15) is 0 Å². The number of rotatable bonds is 7. The Balaban J connectivity index is 2.13. The molecule has 0 aromatic carbocycles. The number of likely N-dealkylation sites (tertiary alicyclic amines) is 1. The van der Waals surface area contributed by atoms with Crippen LogP contribution >= 0.6 is 0 Å². The van der Waals surface area contributed by atoms with Crippen molar-refractivity contribution < 1.29 is 14.3 Å². The van der Waals surface area contributed by atoms with Crippen molar-refractivity contribution in [1.29, 1.82) is 0 Å². The molecule has 1 aliphatic rings. The van der Waals surface area contributed by atoms with E-state index in [4.69, 9.17) is 4.74 Å². The molecular weight excluding hydrogens is 270 g/mol. The Morgan fingerprint density at radius 1 is 1.29 bits per heavy atom. The summed E-state index contributed by atoms with van der Waals surface area (Å²) in [6.45, 7) is 8.42. The number of amides is 2. The Kier molecular flexibility index (Phi) is 8.12. The lowest BCUT2D eigenvalue weighted by molar-refractivity contribution is -0.121. The second-order valence-electron chi connectivity index (χ2n) is 5.54. The predicted molar refractivity (Wildman–Crippen MR) is 82.1 cm³/mol. The molecule has 1 atom stereocenters.